The first kappa shape index (κ1) is 20.3. The number of carbonyl (C=O) groups excluding carboxylic acids is 2. The van der Waals surface area contributed by atoms with Gasteiger partial charge in [0, 0.05) is 11.3 Å². The summed E-state index contributed by atoms with van der Waals surface area (Å²) in [5.74, 6) is -0.844. The predicted molar refractivity (Wildman–Crippen MR) is 103 cm³/mol. The lowest BCUT2D eigenvalue weighted by Crippen LogP contribution is -2.14. The number of hydrogen-bond acceptors (Lipinski definition) is 5. The smallest absolute Gasteiger partial charge is 0.343 e. The van der Waals surface area contributed by atoms with Crippen LogP contribution >= 0.6 is 23.2 Å². The van der Waals surface area contributed by atoms with E-state index in [1.807, 2.05) is 6.07 Å². The van der Waals surface area contributed by atoms with Crippen LogP contribution in [-0.4, -0.2) is 25.6 Å². The number of methoxy groups -OCH3 is 1. The Morgan fingerprint density at radius 2 is 1.93 bits per heavy atom. The number of para-hydroxylation sites is 1. The molecule has 0 spiro atoms. The van der Waals surface area contributed by atoms with Gasteiger partial charge in [-0.3, -0.25) is 4.79 Å². The summed E-state index contributed by atoms with van der Waals surface area (Å²) in [6.07, 6.45) is 1.36. The van der Waals surface area contributed by atoms with Crippen molar-refractivity contribution in [2.75, 3.05) is 19.0 Å². The number of nitriles is 1. The molecule has 0 saturated heterocycles. The number of anilines is 1. The van der Waals surface area contributed by atoms with Gasteiger partial charge in [-0.25, -0.2) is 4.79 Å². The first-order valence-electron chi connectivity index (χ1n) is 7.61. The van der Waals surface area contributed by atoms with E-state index in [-0.39, 0.29) is 17.2 Å². The maximum Gasteiger partial charge on any atom is 0.343 e. The molecule has 0 aromatic heterocycles. The lowest BCUT2D eigenvalue weighted by atomic mass is 10.1. The molecule has 2 aromatic carbocycles. The van der Waals surface area contributed by atoms with Crippen LogP contribution < -0.4 is 10.1 Å². The Labute approximate surface area is 165 Å². The van der Waals surface area contributed by atoms with Gasteiger partial charge in [0.2, 0.25) is 0 Å². The molecule has 0 aliphatic heterocycles. The summed E-state index contributed by atoms with van der Waals surface area (Å²) in [5, 5.41) is 12.5. The molecule has 1 amide bonds. The average molecular weight is 405 g/mol. The van der Waals surface area contributed by atoms with Crippen LogP contribution in [0.15, 0.2) is 48.0 Å². The third kappa shape index (κ3) is 5.74. The largest absolute Gasteiger partial charge is 0.481 e. The topological polar surface area (TPSA) is 88.4 Å². The molecule has 1 N–H and O–H groups in total. The summed E-state index contributed by atoms with van der Waals surface area (Å²) in [7, 11) is 1.25. The molecule has 138 valence electrons. The number of rotatable bonds is 6. The molecule has 27 heavy (non-hydrogen) atoms. The number of hydrogen-bond donors (Lipinski definition) is 1. The quantitative estimate of drug-likeness (QED) is 0.444. The van der Waals surface area contributed by atoms with E-state index in [9.17, 15) is 14.9 Å². The van der Waals surface area contributed by atoms with E-state index in [0.717, 1.165) is 0 Å². The highest BCUT2D eigenvalue weighted by molar-refractivity contribution is 6.42. The van der Waals surface area contributed by atoms with Crippen molar-refractivity contribution in [3.05, 3.63) is 63.6 Å². The number of amides is 1. The number of benzene rings is 2. The SMILES string of the molecule is COC(=O)COc1ccccc1/C=C(\C#N)C(=O)Nc1ccc(Cl)c(Cl)c1. The van der Waals surface area contributed by atoms with Crippen molar-refractivity contribution >= 4 is 46.8 Å². The van der Waals surface area contributed by atoms with Crippen molar-refractivity contribution in [2.45, 2.75) is 0 Å². The number of halogens is 2. The van der Waals surface area contributed by atoms with Crippen molar-refractivity contribution < 1.29 is 19.1 Å². The first-order valence-corrected chi connectivity index (χ1v) is 8.37. The van der Waals surface area contributed by atoms with Crippen LogP contribution in [0.4, 0.5) is 5.69 Å². The molecule has 2 aromatic rings. The van der Waals surface area contributed by atoms with Gasteiger partial charge in [-0.2, -0.15) is 5.26 Å². The second kappa shape index (κ2) is 9.62. The lowest BCUT2D eigenvalue weighted by Gasteiger charge is -2.09. The van der Waals surface area contributed by atoms with Crippen LogP contribution in [0.5, 0.6) is 5.75 Å². The average Bonchev–Trinajstić information content (AvgIpc) is 2.67. The number of ether oxygens (including phenoxy) is 2. The second-order valence-corrected chi connectivity index (χ2v) is 5.97. The highest BCUT2D eigenvalue weighted by atomic mass is 35.5. The molecule has 0 radical (unpaired) electrons. The van der Waals surface area contributed by atoms with Gasteiger partial charge >= 0.3 is 5.97 Å². The minimum absolute atomic E-state index is 0.157. The number of nitrogens with zero attached hydrogens (tertiary/aromatic N) is 1. The van der Waals surface area contributed by atoms with Crippen molar-refractivity contribution in [2.24, 2.45) is 0 Å². The maximum absolute atomic E-state index is 12.4. The summed E-state index contributed by atoms with van der Waals surface area (Å²) in [5.41, 5.74) is 0.697. The zero-order valence-electron chi connectivity index (χ0n) is 14.2. The van der Waals surface area contributed by atoms with Gasteiger partial charge in [0.25, 0.3) is 5.91 Å². The Morgan fingerprint density at radius 3 is 2.59 bits per heavy atom. The van der Waals surface area contributed by atoms with E-state index in [1.165, 1.54) is 25.3 Å². The molecule has 0 atom stereocenters. The van der Waals surface area contributed by atoms with E-state index in [1.54, 1.807) is 30.3 Å². The summed E-state index contributed by atoms with van der Waals surface area (Å²) >= 11 is 11.8. The third-order valence-electron chi connectivity index (χ3n) is 3.33. The summed E-state index contributed by atoms with van der Waals surface area (Å²) < 4.78 is 9.89. The standard InChI is InChI=1S/C19H14Cl2N2O4/c1-26-18(24)11-27-17-5-3-2-4-12(17)8-13(10-22)19(25)23-14-6-7-15(20)16(21)9-14/h2-9H,11H2,1H3,(H,23,25)/b13-8+. The fourth-order valence-electron chi connectivity index (χ4n) is 2.00. The molecule has 0 heterocycles. The maximum atomic E-state index is 12.4. The summed E-state index contributed by atoms with van der Waals surface area (Å²) in [4.78, 5) is 23.6. The number of esters is 1. The molecular formula is C19H14Cl2N2O4. The van der Waals surface area contributed by atoms with Crippen molar-refractivity contribution in [1.29, 1.82) is 5.26 Å². The molecule has 0 bridgehead atoms. The van der Waals surface area contributed by atoms with Crippen molar-refractivity contribution in [3.8, 4) is 11.8 Å². The minimum Gasteiger partial charge on any atom is -0.481 e. The normalized spacial score (nSPS) is 10.7. The number of nitrogens with one attached hydrogen (secondary N) is 1. The zero-order valence-corrected chi connectivity index (χ0v) is 15.7. The molecule has 6 nitrogen and oxygen atoms in total. The van der Waals surface area contributed by atoms with Crippen LogP contribution in [0.1, 0.15) is 5.56 Å². The zero-order chi connectivity index (χ0) is 19.8. The second-order valence-electron chi connectivity index (χ2n) is 5.16. The number of carbonyl (C=O) groups is 2. The Bertz CT molecular complexity index is 936. The third-order valence-corrected chi connectivity index (χ3v) is 4.07. The Morgan fingerprint density at radius 1 is 1.19 bits per heavy atom. The molecule has 0 aliphatic carbocycles. The van der Waals surface area contributed by atoms with Gasteiger partial charge in [-0.05, 0) is 30.3 Å². The molecule has 0 aliphatic rings. The van der Waals surface area contributed by atoms with Gasteiger partial charge in [-0.1, -0.05) is 41.4 Å². The van der Waals surface area contributed by atoms with Crippen LogP contribution in [0.3, 0.4) is 0 Å². The van der Waals surface area contributed by atoms with Crippen molar-refractivity contribution in [3.63, 3.8) is 0 Å². The van der Waals surface area contributed by atoms with Crippen LogP contribution in [-0.2, 0) is 14.3 Å². The van der Waals surface area contributed by atoms with Crippen LogP contribution in [0, 0.1) is 11.3 Å². The van der Waals surface area contributed by atoms with Gasteiger partial charge in [0.15, 0.2) is 6.61 Å². The highest BCUT2D eigenvalue weighted by Crippen LogP contribution is 2.26. The molecular weight excluding hydrogens is 391 g/mol. The molecule has 8 heteroatoms. The Hall–Kier alpha value is -3.01. The predicted octanol–water partition coefficient (Wildman–Crippen LogP) is 4.09. The lowest BCUT2D eigenvalue weighted by molar-refractivity contribution is -0.142. The van der Waals surface area contributed by atoms with Crippen LogP contribution in [0.2, 0.25) is 10.0 Å². The van der Waals surface area contributed by atoms with Gasteiger partial charge in [0.05, 0.1) is 17.2 Å². The molecule has 2 rings (SSSR count). The van der Waals surface area contributed by atoms with Gasteiger partial charge in [-0.15, -0.1) is 0 Å². The summed E-state index contributed by atoms with van der Waals surface area (Å²) in [6.45, 7) is -0.293. The summed E-state index contributed by atoms with van der Waals surface area (Å²) in [6, 6.07) is 13.1. The molecule has 0 fully saturated rings. The van der Waals surface area contributed by atoms with Crippen LogP contribution in [0.25, 0.3) is 6.08 Å². The van der Waals surface area contributed by atoms with Gasteiger partial charge < -0.3 is 14.8 Å². The fraction of sp³-hybridized carbons (Fsp3) is 0.105. The van der Waals surface area contributed by atoms with E-state index in [0.29, 0.717) is 22.0 Å². The van der Waals surface area contributed by atoms with E-state index in [4.69, 9.17) is 27.9 Å². The van der Waals surface area contributed by atoms with E-state index >= 15 is 0 Å². The van der Waals surface area contributed by atoms with E-state index in [2.05, 4.69) is 10.1 Å². The Kier molecular flexibility index (Phi) is 7.24. The fourth-order valence-corrected chi connectivity index (χ4v) is 2.30. The molecule has 0 saturated carbocycles. The van der Waals surface area contributed by atoms with Gasteiger partial charge in [0.1, 0.15) is 17.4 Å². The highest BCUT2D eigenvalue weighted by Gasteiger charge is 2.12. The van der Waals surface area contributed by atoms with E-state index < -0.39 is 11.9 Å². The Balaban J connectivity index is 2.22. The minimum atomic E-state index is -0.626. The monoisotopic (exact) mass is 404 g/mol. The van der Waals surface area contributed by atoms with Crippen molar-refractivity contribution in [1.82, 2.24) is 0 Å². The molecule has 0 unspecified atom stereocenters. The first-order chi connectivity index (χ1) is 12.9.